The summed E-state index contributed by atoms with van der Waals surface area (Å²) >= 11 is 5.90. The van der Waals surface area contributed by atoms with Gasteiger partial charge in [-0.05, 0) is 52.3 Å². The van der Waals surface area contributed by atoms with Crippen molar-refractivity contribution in [2.24, 2.45) is 0 Å². The first-order chi connectivity index (χ1) is 10.2. The van der Waals surface area contributed by atoms with Gasteiger partial charge in [0.25, 0.3) is 0 Å². The van der Waals surface area contributed by atoms with Gasteiger partial charge in [0.1, 0.15) is 6.61 Å². The Balaban J connectivity index is 1.95. The second-order valence-electron chi connectivity index (χ2n) is 6.87. The van der Waals surface area contributed by atoms with Crippen molar-refractivity contribution in [3.05, 3.63) is 47.0 Å². The summed E-state index contributed by atoms with van der Waals surface area (Å²) in [5.74, 6) is -0.328. The molecular formula is C18H24ClNO2. The number of carbonyl (C=O) groups is 1. The molecule has 1 aliphatic rings. The Bertz CT molecular complexity index is 578. The lowest BCUT2D eigenvalue weighted by Crippen LogP contribution is -2.57. The maximum absolute atomic E-state index is 12.0. The molecule has 3 nitrogen and oxygen atoms in total. The molecule has 0 aromatic heterocycles. The van der Waals surface area contributed by atoms with Crippen LogP contribution in [0.2, 0.25) is 5.02 Å². The molecule has 1 aromatic rings. The number of nitrogens with zero attached hydrogens (tertiary/aromatic N) is 1. The molecule has 0 bridgehead atoms. The van der Waals surface area contributed by atoms with E-state index in [1.54, 1.807) is 24.3 Å². The summed E-state index contributed by atoms with van der Waals surface area (Å²) in [5.41, 5.74) is 0.509. The molecule has 22 heavy (non-hydrogen) atoms. The molecule has 0 fully saturated rings. The van der Waals surface area contributed by atoms with Crippen molar-refractivity contribution < 1.29 is 9.53 Å². The van der Waals surface area contributed by atoms with Gasteiger partial charge in [-0.15, -0.1) is 0 Å². The first kappa shape index (κ1) is 17.0. The predicted octanol–water partition coefficient (Wildman–Crippen LogP) is 4.32. The van der Waals surface area contributed by atoms with Gasteiger partial charge in [0.15, 0.2) is 0 Å². The van der Waals surface area contributed by atoms with Gasteiger partial charge in [0, 0.05) is 22.6 Å². The third-order valence-corrected chi connectivity index (χ3v) is 4.41. The Morgan fingerprint density at radius 3 is 2.68 bits per heavy atom. The van der Waals surface area contributed by atoms with Gasteiger partial charge in [0.05, 0.1) is 5.56 Å². The number of hydrogen-bond acceptors (Lipinski definition) is 3. The van der Waals surface area contributed by atoms with E-state index in [4.69, 9.17) is 16.3 Å². The normalized spacial score (nSPS) is 19.9. The summed E-state index contributed by atoms with van der Waals surface area (Å²) in [6.07, 6.45) is 5.45. The summed E-state index contributed by atoms with van der Waals surface area (Å²) in [6.45, 7) is 9.88. The minimum atomic E-state index is -0.328. The molecular weight excluding hydrogens is 298 g/mol. The minimum absolute atomic E-state index is 0.0375. The van der Waals surface area contributed by atoms with Crippen molar-refractivity contribution >= 4 is 17.6 Å². The molecule has 0 spiro atoms. The van der Waals surface area contributed by atoms with Crippen LogP contribution >= 0.6 is 11.6 Å². The van der Waals surface area contributed by atoms with E-state index in [1.165, 1.54) is 0 Å². The van der Waals surface area contributed by atoms with Crippen LogP contribution in [0.15, 0.2) is 36.4 Å². The number of halogens is 1. The van der Waals surface area contributed by atoms with Gasteiger partial charge in [0.2, 0.25) is 0 Å². The number of esters is 1. The Hall–Kier alpha value is -1.32. The van der Waals surface area contributed by atoms with Gasteiger partial charge in [-0.1, -0.05) is 29.8 Å². The fourth-order valence-electron chi connectivity index (χ4n) is 3.14. The molecule has 0 saturated heterocycles. The minimum Gasteiger partial charge on any atom is -0.461 e. The van der Waals surface area contributed by atoms with Crippen LogP contribution in [-0.2, 0) is 4.74 Å². The number of ether oxygens (including phenoxy) is 1. The first-order valence-corrected chi connectivity index (χ1v) is 7.98. The summed E-state index contributed by atoms with van der Waals surface area (Å²) < 4.78 is 5.41. The van der Waals surface area contributed by atoms with Gasteiger partial charge >= 0.3 is 5.97 Å². The molecule has 0 unspecified atom stereocenters. The van der Waals surface area contributed by atoms with Gasteiger partial charge in [-0.25, -0.2) is 4.79 Å². The molecule has 0 amide bonds. The fourth-order valence-corrected chi connectivity index (χ4v) is 3.33. The smallest absolute Gasteiger partial charge is 0.338 e. The van der Waals surface area contributed by atoms with Crippen LogP contribution in [0.3, 0.4) is 0 Å². The number of benzene rings is 1. The Morgan fingerprint density at radius 2 is 2.05 bits per heavy atom. The molecule has 120 valence electrons. The van der Waals surface area contributed by atoms with E-state index < -0.39 is 0 Å². The second kappa shape index (κ2) is 6.43. The van der Waals surface area contributed by atoms with Crippen molar-refractivity contribution in [2.75, 3.05) is 13.2 Å². The van der Waals surface area contributed by atoms with E-state index in [0.717, 1.165) is 6.42 Å². The van der Waals surface area contributed by atoms with Crippen LogP contribution in [-0.4, -0.2) is 35.1 Å². The van der Waals surface area contributed by atoms with E-state index >= 15 is 0 Å². The topological polar surface area (TPSA) is 29.5 Å². The molecule has 1 aliphatic heterocycles. The van der Waals surface area contributed by atoms with Gasteiger partial charge < -0.3 is 4.74 Å². The first-order valence-electron chi connectivity index (χ1n) is 7.60. The van der Waals surface area contributed by atoms with Crippen molar-refractivity contribution in [1.82, 2.24) is 4.90 Å². The fraction of sp³-hybridized carbons (Fsp3) is 0.500. The average Bonchev–Trinajstić information content (AvgIpc) is 2.41. The summed E-state index contributed by atoms with van der Waals surface area (Å²) in [5, 5.41) is 0.540. The SMILES string of the molecule is CC1(C)C=CCC(C)(C)N1CCOC(=O)c1cccc(Cl)c1. The quantitative estimate of drug-likeness (QED) is 0.611. The lowest BCUT2D eigenvalue weighted by Gasteiger charge is -2.49. The summed E-state index contributed by atoms with van der Waals surface area (Å²) in [4.78, 5) is 14.4. The van der Waals surface area contributed by atoms with Crippen LogP contribution in [0.1, 0.15) is 44.5 Å². The van der Waals surface area contributed by atoms with Crippen molar-refractivity contribution in [3.63, 3.8) is 0 Å². The molecule has 4 heteroatoms. The zero-order chi connectivity index (χ0) is 16.4. The maximum Gasteiger partial charge on any atom is 0.338 e. The van der Waals surface area contributed by atoms with E-state index in [9.17, 15) is 4.79 Å². The van der Waals surface area contributed by atoms with Gasteiger partial charge in [-0.3, -0.25) is 4.90 Å². The van der Waals surface area contributed by atoms with E-state index in [-0.39, 0.29) is 17.0 Å². The molecule has 1 heterocycles. The van der Waals surface area contributed by atoms with E-state index in [2.05, 4.69) is 44.7 Å². The van der Waals surface area contributed by atoms with Crippen LogP contribution in [0, 0.1) is 0 Å². The highest BCUT2D eigenvalue weighted by molar-refractivity contribution is 6.30. The highest BCUT2D eigenvalue weighted by Crippen LogP contribution is 2.33. The zero-order valence-electron chi connectivity index (χ0n) is 13.7. The van der Waals surface area contributed by atoms with E-state index in [1.807, 2.05) is 0 Å². The lowest BCUT2D eigenvalue weighted by molar-refractivity contribution is 0.00569. The molecule has 0 N–H and O–H groups in total. The van der Waals surface area contributed by atoms with Crippen molar-refractivity contribution in [3.8, 4) is 0 Å². The maximum atomic E-state index is 12.0. The molecule has 1 aromatic carbocycles. The Morgan fingerprint density at radius 1 is 1.32 bits per heavy atom. The molecule has 0 saturated carbocycles. The molecule has 0 aliphatic carbocycles. The van der Waals surface area contributed by atoms with Crippen LogP contribution in [0.4, 0.5) is 0 Å². The third-order valence-electron chi connectivity index (χ3n) is 4.18. The predicted molar refractivity (Wildman–Crippen MR) is 90.4 cm³/mol. The van der Waals surface area contributed by atoms with Crippen molar-refractivity contribution in [1.29, 1.82) is 0 Å². The monoisotopic (exact) mass is 321 g/mol. The zero-order valence-corrected chi connectivity index (χ0v) is 14.5. The second-order valence-corrected chi connectivity index (χ2v) is 7.31. The van der Waals surface area contributed by atoms with Crippen LogP contribution in [0.25, 0.3) is 0 Å². The highest BCUT2D eigenvalue weighted by Gasteiger charge is 2.38. The molecule has 0 atom stereocenters. The largest absolute Gasteiger partial charge is 0.461 e. The summed E-state index contributed by atoms with van der Waals surface area (Å²) in [7, 11) is 0. The van der Waals surface area contributed by atoms with Crippen molar-refractivity contribution in [2.45, 2.75) is 45.2 Å². The number of hydrogen-bond donors (Lipinski definition) is 0. The molecule has 2 rings (SSSR count). The van der Waals surface area contributed by atoms with Crippen LogP contribution in [0.5, 0.6) is 0 Å². The Labute approximate surface area is 137 Å². The summed E-state index contributed by atoms with van der Waals surface area (Å²) in [6, 6.07) is 6.83. The number of carbonyl (C=O) groups excluding carboxylic acids is 1. The van der Waals surface area contributed by atoms with Gasteiger partial charge in [-0.2, -0.15) is 0 Å². The molecule has 0 radical (unpaired) electrons. The lowest BCUT2D eigenvalue weighted by atomic mass is 9.85. The third kappa shape index (κ3) is 3.90. The Kier molecular flexibility index (Phi) is 4.98. The average molecular weight is 322 g/mol. The highest BCUT2D eigenvalue weighted by atomic mass is 35.5. The van der Waals surface area contributed by atoms with E-state index in [0.29, 0.717) is 23.7 Å². The standard InChI is InChI=1S/C18H24ClNO2/c1-17(2)9-6-10-18(3,4)20(17)11-12-22-16(21)14-7-5-8-15(19)13-14/h5-9,13H,10-12H2,1-4H3. The van der Waals surface area contributed by atoms with Crippen LogP contribution < -0.4 is 0 Å². The number of rotatable bonds is 4.